The molecule has 1 aromatic carbocycles. The molecule has 2 heterocycles. The van der Waals surface area contributed by atoms with Gasteiger partial charge >= 0.3 is 6.18 Å². The highest BCUT2D eigenvalue weighted by molar-refractivity contribution is 5.99. The predicted octanol–water partition coefficient (Wildman–Crippen LogP) is 3.91. The van der Waals surface area contributed by atoms with Crippen LogP contribution < -0.4 is 0 Å². The molecule has 1 amide bonds. The summed E-state index contributed by atoms with van der Waals surface area (Å²) in [5, 5.41) is 0. The topological polar surface area (TPSA) is 23.6 Å². The lowest BCUT2D eigenvalue weighted by molar-refractivity contribution is -0.138. The van der Waals surface area contributed by atoms with E-state index in [1.807, 2.05) is 13.8 Å². The van der Waals surface area contributed by atoms with Gasteiger partial charge in [0.15, 0.2) is 0 Å². The Bertz CT molecular complexity index is 743. The van der Waals surface area contributed by atoms with E-state index in [9.17, 15) is 18.0 Å². The molecule has 1 aliphatic carbocycles. The number of alkyl halides is 3. The summed E-state index contributed by atoms with van der Waals surface area (Å²) in [6.45, 7) is 8.31. The molecule has 2 atom stereocenters. The Morgan fingerprint density at radius 1 is 1.32 bits per heavy atom. The molecule has 6 heteroatoms. The number of amides is 1. The first-order chi connectivity index (χ1) is 11.6. The molecule has 0 spiro atoms. The fourth-order valence-electron chi connectivity index (χ4n) is 4.50. The summed E-state index contributed by atoms with van der Waals surface area (Å²) in [6, 6.07) is 2.82. The highest BCUT2D eigenvalue weighted by Gasteiger charge is 2.55. The number of rotatable bonds is 3. The number of benzene rings is 1. The minimum absolute atomic E-state index is 0.0464. The standard InChI is InChI=1S/C19H23F3N2O/c1-11(2)24-9-15-14(17(24)25)4-12(5-16(15)19(20,21)22)7-23-8-13-6-18(13,3)10-23/h4-5,11,13H,6-10H2,1-3H3. The molecule has 0 bridgehead atoms. The van der Waals surface area contributed by atoms with Crippen LogP contribution in [0.1, 0.15) is 54.2 Å². The molecule has 2 fully saturated rings. The molecule has 136 valence electrons. The molecule has 1 saturated carbocycles. The van der Waals surface area contributed by atoms with Gasteiger partial charge in [-0.2, -0.15) is 13.2 Å². The molecule has 3 nitrogen and oxygen atoms in total. The van der Waals surface area contributed by atoms with Crippen molar-refractivity contribution in [2.75, 3.05) is 13.1 Å². The van der Waals surface area contributed by atoms with E-state index in [4.69, 9.17) is 0 Å². The van der Waals surface area contributed by atoms with Gasteiger partial charge in [-0.05, 0) is 54.9 Å². The Labute approximate surface area is 145 Å². The van der Waals surface area contributed by atoms with Crippen LogP contribution in [0.2, 0.25) is 0 Å². The third-order valence-electron chi connectivity index (χ3n) is 6.07. The number of hydrogen-bond donors (Lipinski definition) is 0. The van der Waals surface area contributed by atoms with Crippen molar-refractivity contribution in [3.8, 4) is 0 Å². The van der Waals surface area contributed by atoms with E-state index >= 15 is 0 Å². The first kappa shape index (κ1) is 16.9. The Kier molecular flexibility index (Phi) is 3.53. The van der Waals surface area contributed by atoms with E-state index in [0.29, 0.717) is 23.4 Å². The Balaban J connectivity index is 1.67. The van der Waals surface area contributed by atoms with Crippen molar-refractivity contribution in [1.29, 1.82) is 0 Å². The van der Waals surface area contributed by atoms with Crippen molar-refractivity contribution in [1.82, 2.24) is 9.80 Å². The zero-order valence-electron chi connectivity index (χ0n) is 14.8. The second kappa shape index (κ2) is 5.22. The van der Waals surface area contributed by atoms with Crippen LogP contribution in [0.5, 0.6) is 0 Å². The molecule has 2 aliphatic heterocycles. The number of nitrogens with zero attached hydrogens (tertiary/aromatic N) is 2. The number of hydrogen-bond acceptors (Lipinski definition) is 2. The molecule has 4 rings (SSSR count). The Morgan fingerprint density at radius 3 is 2.60 bits per heavy atom. The normalized spacial score (nSPS) is 28.7. The summed E-state index contributed by atoms with van der Waals surface area (Å²) in [7, 11) is 0. The number of halogens is 3. The summed E-state index contributed by atoms with van der Waals surface area (Å²) in [4.78, 5) is 16.3. The third-order valence-corrected chi connectivity index (χ3v) is 6.07. The van der Waals surface area contributed by atoms with Crippen LogP contribution in [-0.4, -0.2) is 34.8 Å². The highest BCUT2D eigenvalue weighted by atomic mass is 19.4. The number of fused-ring (bicyclic) bond motifs is 2. The van der Waals surface area contributed by atoms with Crippen molar-refractivity contribution in [3.05, 3.63) is 34.4 Å². The molecule has 0 N–H and O–H groups in total. The smallest absolute Gasteiger partial charge is 0.332 e. The fourth-order valence-corrected chi connectivity index (χ4v) is 4.50. The Hall–Kier alpha value is -1.56. The van der Waals surface area contributed by atoms with Crippen LogP contribution in [-0.2, 0) is 19.3 Å². The van der Waals surface area contributed by atoms with Crippen LogP contribution in [0.4, 0.5) is 13.2 Å². The average Bonchev–Trinajstić information content (AvgIpc) is 2.83. The van der Waals surface area contributed by atoms with E-state index in [-0.39, 0.29) is 29.6 Å². The fraction of sp³-hybridized carbons (Fsp3) is 0.632. The second-order valence-corrected chi connectivity index (χ2v) is 8.42. The van der Waals surface area contributed by atoms with Gasteiger partial charge in [0.2, 0.25) is 0 Å². The van der Waals surface area contributed by atoms with Gasteiger partial charge in [0.05, 0.1) is 5.56 Å². The summed E-state index contributed by atoms with van der Waals surface area (Å²) in [5.41, 5.74) is 0.663. The summed E-state index contributed by atoms with van der Waals surface area (Å²) in [5.74, 6) is 0.399. The minimum Gasteiger partial charge on any atom is -0.332 e. The van der Waals surface area contributed by atoms with Gasteiger partial charge in [-0.1, -0.05) is 6.92 Å². The number of carbonyl (C=O) groups is 1. The minimum atomic E-state index is -4.44. The molecule has 1 saturated heterocycles. The van der Waals surface area contributed by atoms with E-state index < -0.39 is 11.7 Å². The van der Waals surface area contributed by atoms with Gasteiger partial charge in [-0.25, -0.2) is 0 Å². The van der Waals surface area contributed by atoms with Crippen LogP contribution in [0.25, 0.3) is 0 Å². The monoisotopic (exact) mass is 352 g/mol. The molecule has 1 aromatic rings. The van der Waals surface area contributed by atoms with E-state index in [2.05, 4.69) is 11.8 Å². The molecule has 3 aliphatic rings. The molecular weight excluding hydrogens is 329 g/mol. The second-order valence-electron chi connectivity index (χ2n) is 8.42. The van der Waals surface area contributed by atoms with Gasteiger partial charge in [0, 0.05) is 37.8 Å². The van der Waals surface area contributed by atoms with Gasteiger partial charge in [0.1, 0.15) is 0 Å². The maximum Gasteiger partial charge on any atom is 0.416 e. The lowest BCUT2D eigenvalue weighted by Crippen LogP contribution is -2.30. The average molecular weight is 352 g/mol. The lowest BCUT2D eigenvalue weighted by atomic mass is 9.98. The van der Waals surface area contributed by atoms with Crippen LogP contribution in [0, 0.1) is 11.3 Å². The number of likely N-dealkylation sites (tertiary alicyclic amines) is 1. The van der Waals surface area contributed by atoms with Crippen molar-refractivity contribution >= 4 is 5.91 Å². The first-order valence-corrected chi connectivity index (χ1v) is 8.85. The molecule has 0 aromatic heterocycles. The van der Waals surface area contributed by atoms with E-state index in [0.717, 1.165) is 13.1 Å². The van der Waals surface area contributed by atoms with Crippen molar-refractivity contribution in [3.63, 3.8) is 0 Å². The van der Waals surface area contributed by atoms with Crippen LogP contribution >= 0.6 is 0 Å². The van der Waals surface area contributed by atoms with Crippen LogP contribution in [0.3, 0.4) is 0 Å². The van der Waals surface area contributed by atoms with Crippen molar-refractivity contribution < 1.29 is 18.0 Å². The summed E-state index contributed by atoms with van der Waals surface area (Å²) < 4.78 is 40.7. The summed E-state index contributed by atoms with van der Waals surface area (Å²) >= 11 is 0. The molecule has 2 unspecified atom stereocenters. The zero-order valence-corrected chi connectivity index (χ0v) is 14.8. The first-order valence-electron chi connectivity index (χ1n) is 8.85. The van der Waals surface area contributed by atoms with Crippen LogP contribution in [0.15, 0.2) is 12.1 Å². The highest BCUT2D eigenvalue weighted by Crippen LogP contribution is 2.57. The maximum absolute atomic E-state index is 13.6. The SMILES string of the molecule is CC(C)N1Cc2c(cc(CN3CC4CC4(C)C3)cc2C(F)(F)F)C1=O. The largest absolute Gasteiger partial charge is 0.416 e. The maximum atomic E-state index is 13.6. The molecule has 0 radical (unpaired) electrons. The van der Waals surface area contributed by atoms with Crippen molar-refractivity contribution in [2.24, 2.45) is 11.3 Å². The van der Waals surface area contributed by atoms with Gasteiger partial charge in [-0.3, -0.25) is 9.69 Å². The van der Waals surface area contributed by atoms with E-state index in [1.54, 1.807) is 6.07 Å². The van der Waals surface area contributed by atoms with Gasteiger partial charge in [0.25, 0.3) is 5.91 Å². The summed E-state index contributed by atoms with van der Waals surface area (Å²) in [6.07, 6.45) is -3.21. The molecule has 25 heavy (non-hydrogen) atoms. The van der Waals surface area contributed by atoms with Crippen molar-refractivity contribution in [2.45, 2.75) is 52.5 Å². The number of carbonyl (C=O) groups excluding carboxylic acids is 1. The van der Waals surface area contributed by atoms with Gasteiger partial charge in [-0.15, -0.1) is 0 Å². The lowest BCUT2D eigenvalue weighted by Gasteiger charge is -2.21. The number of piperidine rings is 1. The van der Waals surface area contributed by atoms with E-state index in [1.165, 1.54) is 17.4 Å². The third kappa shape index (κ3) is 2.75. The quantitative estimate of drug-likeness (QED) is 0.823. The predicted molar refractivity (Wildman–Crippen MR) is 87.9 cm³/mol. The van der Waals surface area contributed by atoms with Gasteiger partial charge < -0.3 is 4.90 Å². The Morgan fingerprint density at radius 2 is 2.04 bits per heavy atom. The zero-order chi connectivity index (χ0) is 18.1. The molecular formula is C19H23F3N2O.